The van der Waals surface area contributed by atoms with E-state index in [9.17, 15) is 4.39 Å². The zero-order valence-corrected chi connectivity index (χ0v) is 9.93. The van der Waals surface area contributed by atoms with Crippen LogP contribution in [-0.4, -0.2) is 5.88 Å². The Morgan fingerprint density at radius 1 is 1.27 bits per heavy atom. The Labute approximate surface area is 96.5 Å². The second kappa shape index (κ2) is 6.84. The van der Waals surface area contributed by atoms with Crippen molar-refractivity contribution in [1.82, 2.24) is 0 Å². The number of halogens is 2. The molecule has 1 atom stereocenters. The van der Waals surface area contributed by atoms with E-state index in [4.69, 9.17) is 11.6 Å². The molecule has 15 heavy (non-hydrogen) atoms. The molecule has 0 spiro atoms. The summed E-state index contributed by atoms with van der Waals surface area (Å²) < 4.78 is 13.5. The number of rotatable bonds is 6. The summed E-state index contributed by atoms with van der Waals surface area (Å²) in [5.41, 5.74) is 0.767. The predicted molar refractivity (Wildman–Crippen MR) is 64.0 cm³/mol. The minimum atomic E-state index is -0.125. The van der Waals surface area contributed by atoms with Crippen LogP contribution >= 0.6 is 11.6 Å². The van der Waals surface area contributed by atoms with Crippen molar-refractivity contribution in [1.29, 1.82) is 0 Å². The average Bonchev–Trinajstić information content (AvgIpc) is 2.26. The van der Waals surface area contributed by atoms with E-state index in [2.05, 4.69) is 6.92 Å². The van der Waals surface area contributed by atoms with Crippen molar-refractivity contribution in [2.45, 2.75) is 38.5 Å². The lowest BCUT2D eigenvalue weighted by Crippen LogP contribution is -2.03. The first-order valence-corrected chi connectivity index (χ1v) is 6.13. The Morgan fingerprint density at radius 3 is 2.60 bits per heavy atom. The summed E-state index contributed by atoms with van der Waals surface area (Å²) in [6.07, 6.45) is 4.49. The van der Waals surface area contributed by atoms with Gasteiger partial charge in [0.1, 0.15) is 5.82 Å². The lowest BCUT2D eigenvalue weighted by molar-refractivity contribution is 0.553. The molecule has 0 nitrogen and oxygen atoms in total. The van der Waals surface area contributed by atoms with Crippen LogP contribution in [0.2, 0.25) is 0 Å². The van der Waals surface area contributed by atoms with Crippen molar-refractivity contribution in [2.75, 3.05) is 5.88 Å². The Morgan fingerprint density at radius 2 is 2.00 bits per heavy atom. The monoisotopic (exact) mass is 228 g/mol. The summed E-state index contributed by atoms with van der Waals surface area (Å²) in [5, 5.41) is 0. The number of unbranched alkanes of at least 4 members (excludes halogenated alkanes) is 2. The standard InChI is InChI=1S/C13H18ClF/c1-2-3-4-7-11(10-14)12-8-5-6-9-13(12)15/h5-6,8-9,11H,2-4,7,10H2,1H3. The van der Waals surface area contributed by atoms with E-state index in [0.717, 1.165) is 18.4 Å². The Hall–Kier alpha value is -0.560. The molecule has 0 heterocycles. The molecule has 1 aromatic carbocycles. The molecule has 0 aliphatic heterocycles. The lowest BCUT2D eigenvalue weighted by Gasteiger charge is -2.14. The number of hydrogen-bond donors (Lipinski definition) is 0. The molecular formula is C13H18ClF. The lowest BCUT2D eigenvalue weighted by atomic mass is 9.94. The molecule has 2 heteroatoms. The third kappa shape index (κ3) is 3.83. The fraction of sp³-hybridized carbons (Fsp3) is 0.538. The zero-order chi connectivity index (χ0) is 11.1. The Kier molecular flexibility index (Phi) is 5.70. The van der Waals surface area contributed by atoms with Crippen LogP contribution in [-0.2, 0) is 0 Å². The molecule has 0 saturated heterocycles. The summed E-state index contributed by atoms with van der Waals surface area (Å²) in [6.45, 7) is 2.17. The highest BCUT2D eigenvalue weighted by molar-refractivity contribution is 6.18. The van der Waals surface area contributed by atoms with Crippen LogP contribution in [0.15, 0.2) is 24.3 Å². The van der Waals surface area contributed by atoms with E-state index < -0.39 is 0 Å². The zero-order valence-electron chi connectivity index (χ0n) is 9.18. The second-order valence-electron chi connectivity index (χ2n) is 3.87. The number of benzene rings is 1. The van der Waals surface area contributed by atoms with E-state index in [1.807, 2.05) is 12.1 Å². The molecule has 1 aromatic rings. The maximum absolute atomic E-state index is 13.5. The van der Waals surface area contributed by atoms with Gasteiger partial charge in [-0.25, -0.2) is 4.39 Å². The molecule has 0 aliphatic rings. The van der Waals surface area contributed by atoms with Gasteiger partial charge in [0.05, 0.1) is 0 Å². The van der Waals surface area contributed by atoms with Gasteiger partial charge in [0.2, 0.25) is 0 Å². The highest BCUT2D eigenvalue weighted by Gasteiger charge is 2.13. The molecule has 0 N–H and O–H groups in total. The predicted octanol–water partition coefficient (Wildman–Crippen LogP) is 4.73. The molecule has 0 aliphatic carbocycles. The molecule has 0 radical (unpaired) electrons. The van der Waals surface area contributed by atoms with Crippen molar-refractivity contribution in [3.8, 4) is 0 Å². The van der Waals surface area contributed by atoms with E-state index in [-0.39, 0.29) is 11.7 Å². The van der Waals surface area contributed by atoms with Gasteiger partial charge in [0.15, 0.2) is 0 Å². The highest BCUT2D eigenvalue weighted by Crippen LogP contribution is 2.25. The van der Waals surface area contributed by atoms with Gasteiger partial charge >= 0.3 is 0 Å². The van der Waals surface area contributed by atoms with Crippen molar-refractivity contribution in [3.63, 3.8) is 0 Å². The summed E-state index contributed by atoms with van der Waals surface area (Å²) in [7, 11) is 0. The van der Waals surface area contributed by atoms with Gasteiger partial charge in [0.25, 0.3) is 0 Å². The van der Waals surface area contributed by atoms with Crippen LogP contribution in [0.25, 0.3) is 0 Å². The molecule has 1 unspecified atom stereocenters. The van der Waals surface area contributed by atoms with E-state index in [1.165, 1.54) is 18.9 Å². The van der Waals surface area contributed by atoms with Gasteiger partial charge in [0, 0.05) is 11.8 Å². The largest absolute Gasteiger partial charge is 0.207 e. The fourth-order valence-corrected chi connectivity index (χ4v) is 2.08. The number of alkyl halides is 1. The quantitative estimate of drug-likeness (QED) is 0.488. The summed E-state index contributed by atoms with van der Waals surface area (Å²) in [5.74, 6) is 0.545. The van der Waals surface area contributed by atoms with Crippen molar-refractivity contribution in [2.24, 2.45) is 0 Å². The number of hydrogen-bond acceptors (Lipinski definition) is 0. The van der Waals surface area contributed by atoms with Crippen LogP contribution in [0, 0.1) is 5.82 Å². The van der Waals surface area contributed by atoms with Crippen LogP contribution < -0.4 is 0 Å². The summed E-state index contributed by atoms with van der Waals surface area (Å²) in [6, 6.07) is 6.94. The molecule has 1 rings (SSSR count). The van der Waals surface area contributed by atoms with Gasteiger partial charge in [-0.05, 0) is 18.1 Å². The summed E-state index contributed by atoms with van der Waals surface area (Å²) >= 11 is 5.89. The Balaban J connectivity index is 2.61. The molecule has 0 fully saturated rings. The average molecular weight is 229 g/mol. The highest BCUT2D eigenvalue weighted by atomic mass is 35.5. The fourth-order valence-electron chi connectivity index (χ4n) is 1.76. The molecule has 84 valence electrons. The topological polar surface area (TPSA) is 0 Å². The molecule has 0 saturated carbocycles. The van der Waals surface area contributed by atoms with E-state index in [1.54, 1.807) is 6.07 Å². The van der Waals surface area contributed by atoms with Gasteiger partial charge in [-0.2, -0.15) is 0 Å². The summed E-state index contributed by atoms with van der Waals surface area (Å²) in [4.78, 5) is 0. The van der Waals surface area contributed by atoms with Crippen molar-refractivity contribution >= 4 is 11.6 Å². The van der Waals surface area contributed by atoms with Gasteiger partial charge in [-0.1, -0.05) is 44.4 Å². The van der Waals surface area contributed by atoms with Crippen LogP contribution in [0.5, 0.6) is 0 Å². The first-order chi connectivity index (χ1) is 7.29. The van der Waals surface area contributed by atoms with Crippen LogP contribution in [0.4, 0.5) is 4.39 Å². The van der Waals surface area contributed by atoms with Gasteiger partial charge < -0.3 is 0 Å². The van der Waals surface area contributed by atoms with Crippen LogP contribution in [0.3, 0.4) is 0 Å². The van der Waals surface area contributed by atoms with Crippen molar-refractivity contribution < 1.29 is 4.39 Å². The van der Waals surface area contributed by atoms with E-state index in [0.29, 0.717) is 5.88 Å². The molecule has 0 aromatic heterocycles. The molecular weight excluding hydrogens is 211 g/mol. The van der Waals surface area contributed by atoms with Gasteiger partial charge in [-0.3, -0.25) is 0 Å². The first kappa shape index (κ1) is 12.5. The third-order valence-corrected chi connectivity index (χ3v) is 3.06. The van der Waals surface area contributed by atoms with E-state index >= 15 is 0 Å². The normalized spacial score (nSPS) is 12.7. The molecule has 0 bridgehead atoms. The van der Waals surface area contributed by atoms with Gasteiger partial charge in [-0.15, -0.1) is 11.6 Å². The SMILES string of the molecule is CCCCCC(CCl)c1ccccc1F. The van der Waals surface area contributed by atoms with Crippen LogP contribution in [0.1, 0.15) is 44.1 Å². The maximum atomic E-state index is 13.5. The second-order valence-corrected chi connectivity index (χ2v) is 4.18. The minimum absolute atomic E-state index is 0.125. The maximum Gasteiger partial charge on any atom is 0.126 e. The first-order valence-electron chi connectivity index (χ1n) is 5.60. The minimum Gasteiger partial charge on any atom is -0.207 e. The van der Waals surface area contributed by atoms with Crippen molar-refractivity contribution in [3.05, 3.63) is 35.6 Å². The third-order valence-electron chi connectivity index (χ3n) is 2.69. The smallest absolute Gasteiger partial charge is 0.126 e. The Bertz CT molecular complexity index is 286. The molecule has 0 amide bonds.